The molecule has 14 nitrogen and oxygen atoms in total. The zero-order valence-corrected chi connectivity index (χ0v) is 23.9. The molecule has 0 aromatic carbocycles. The molecule has 0 aliphatic carbocycles. The van der Waals surface area contributed by atoms with E-state index in [-0.39, 0.29) is 69.8 Å². The van der Waals surface area contributed by atoms with Crippen molar-refractivity contribution >= 4 is 0 Å². The first-order chi connectivity index (χ1) is 16.8. The third kappa shape index (κ3) is 300. The summed E-state index contributed by atoms with van der Waals surface area (Å²) in [5.74, 6) is 0. The Morgan fingerprint density at radius 2 is 0.737 bits per heavy atom. The summed E-state index contributed by atoms with van der Waals surface area (Å²) in [6.45, 7) is 57.4. The largest absolute Gasteiger partial charge is 0 e. The van der Waals surface area contributed by atoms with E-state index in [2.05, 4.69) is 115 Å². The van der Waals surface area contributed by atoms with Crippen LogP contribution in [-0.4, -0.2) is 4.57 Å². The zero-order chi connectivity index (χ0) is 31.4. The molecule has 0 amide bonds. The summed E-state index contributed by atoms with van der Waals surface area (Å²) in [4.78, 5) is 0. The molecule has 1 aromatic rings. The molecule has 0 fully saturated rings. The molecule has 0 saturated carbocycles. The Kier molecular flexibility index (Phi) is 1140. The number of nitrogens with zero attached hydrogens (tertiary/aromatic N) is 2. The molecule has 0 saturated heterocycles. The molecule has 38 heavy (non-hydrogen) atoms. The molecule has 0 unspecified atom stereocenters. The minimum atomic E-state index is 0. The van der Waals surface area contributed by atoms with Gasteiger partial charge in [0, 0.05) is 69.8 Å². The van der Waals surface area contributed by atoms with Crippen molar-refractivity contribution in [2.45, 2.75) is 26.3 Å². The van der Waals surface area contributed by atoms with Gasteiger partial charge < -0.3 is 0 Å². The molecule has 3 radical (unpaired) electrons. The molecule has 0 atom stereocenters. The standard InChI is InChI=1S/C8H15N2.12CO.3Co.Ru/c1-3-4-5-10-7-6-9(2)8-10;12*1-2;;;;/h6-8H,3-5H2,1-2H3;;;;;;;;;;;;;;;;/q+1;;;;;;;;;;;;;;;;. The second kappa shape index (κ2) is 394. The minimum Gasteiger partial charge on any atom is 0 e. The van der Waals surface area contributed by atoms with Gasteiger partial charge in [-0.3, -0.25) is 0 Å². The number of hydrogen-bond acceptors (Lipinski definition) is 0. The molecule has 1 heterocycles. The van der Waals surface area contributed by atoms with E-state index in [1.807, 2.05) is 7.05 Å². The van der Waals surface area contributed by atoms with Crippen LogP contribution in [0.4, 0.5) is 0 Å². The summed E-state index contributed by atoms with van der Waals surface area (Å²) in [6, 6.07) is 0. The molecule has 1 aromatic heterocycles. The quantitative estimate of drug-likeness (QED) is 0.179. The monoisotopic (exact) mass is 754 g/mol. The average molecular weight is 753 g/mol. The Morgan fingerprint density at radius 1 is 0.526 bits per heavy atom. The number of imidazole rings is 1. The van der Waals surface area contributed by atoms with Crippen LogP contribution in [0.1, 0.15) is 19.8 Å². The van der Waals surface area contributed by atoms with Crippen molar-refractivity contribution in [1.82, 2.24) is 4.57 Å². The van der Waals surface area contributed by atoms with Gasteiger partial charge in [0.25, 0.3) is 0 Å². The van der Waals surface area contributed by atoms with Crippen LogP contribution < -0.4 is 4.57 Å². The Bertz CT molecular complexity index is 544. The minimum absolute atomic E-state index is 0. The molecular weight excluding hydrogens is 738 g/mol. The first-order valence-corrected chi connectivity index (χ1v) is 6.29. The summed E-state index contributed by atoms with van der Waals surface area (Å²) < 4.78 is 94.3. The van der Waals surface area contributed by atoms with Crippen LogP contribution in [0.2, 0.25) is 0 Å². The summed E-state index contributed by atoms with van der Waals surface area (Å²) in [5.41, 5.74) is 0. The van der Waals surface area contributed by atoms with Gasteiger partial charge in [0.15, 0.2) is 0 Å². The topological polar surface area (TPSA) is 248 Å². The maximum absolute atomic E-state index is 7.50. The predicted octanol–water partition coefficient (Wildman–Crippen LogP) is 0.653. The van der Waals surface area contributed by atoms with Crippen LogP contribution >= 0.6 is 0 Å². The van der Waals surface area contributed by atoms with Crippen molar-refractivity contribution in [3.63, 3.8) is 0 Å². The van der Waals surface area contributed by atoms with Gasteiger partial charge in [-0.2, -0.15) is 0 Å². The van der Waals surface area contributed by atoms with Gasteiger partial charge in [-0.05, 0) is 6.42 Å². The van der Waals surface area contributed by atoms with Crippen molar-refractivity contribution in [1.29, 1.82) is 0 Å². The maximum atomic E-state index is 7.50. The second-order valence-corrected chi connectivity index (χ2v) is 2.67. The number of rotatable bonds is 3. The van der Waals surface area contributed by atoms with Crippen molar-refractivity contribution in [3.8, 4) is 0 Å². The molecule has 0 bridgehead atoms. The number of unbranched alkanes of at least 4 members (excludes halogenated alkanes) is 1. The zero-order valence-electron chi connectivity index (χ0n) is 19.0. The molecule has 0 aliphatic rings. The smallest absolute Gasteiger partial charge is 0 e. The summed E-state index contributed by atoms with van der Waals surface area (Å²) in [5, 5.41) is 0. The van der Waals surface area contributed by atoms with Crippen molar-refractivity contribution < 1.29 is 130 Å². The van der Waals surface area contributed by atoms with E-state index in [1.165, 1.54) is 12.8 Å². The van der Waals surface area contributed by atoms with Crippen LogP contribution in [0.3, 0.4) is 0 Å². The van der Waals surface area contributed by atoms with Crippen LogP contribution in [0, 0.1) is 79.8 Å². The van der Waals surface area contributed by atoms with Crippen LogP contribution in [-0.2, 0) is 139 Å². The third-order valence-electron chi connectivity index (χ3n) is 1.59. The molecule has 0 spiro atoms. The first kappa shape index (κ1) is 110. The van der Waals surface area contributed by atoms with E-state index in [9.17, 15) is 0 Å². The maximum Gasteiger partial charge on any atom is 0 e. The fourth-order valence-electron chi connectivity index (χ4n) is 0.975. The van der Waals surface area contributed by atoms with Gasteiger partial charge in [-0.1, -0.05) is 13.3 Å². The van der Waals surface area contributed by atoms with Crippen LogP contribution in [0.25, 0.3) is 0 Å². The summed E-state index contributed by atoms with van der Waals surface area (Å²) in [6.07, 6.45) is 8.82. The predicted molar refractivity (Wildman–Crippen MR) is 87.7 cm³/mol. The molecule has 0 aliphatic heterocycles. The van der Waals surface area contributed by atoms with E-state index < -0.39 is 0 Å². The Balaban J connectivity index is -0.0000000109. The fraction of sp³-hybridized carbons (Fsp3) is 0.250. The van der Waals surface area contributed by atoms with Gasteiger partial charge in [-0.25, -0.2) is 9.13 Å². The van der Waals surface area contributed by atoms with Crippen molar-refractivity contribution in [3.05, 3.63) is 98.5 Å². The Labute approximate surface area is 265 Å². The second-order valence-electron chi connectivity index (χ2n) is 2.67. The molecule has 211 valence electrons. The normalized spacial score (nSPS) is 3.32. The van der Waals surface area contributed by atoms with Gasteiger partial charge in [0.1, 0.15) is 12.4 Å². The molecule has 1 rings (SSSR count). The number of aromatic nitrogens is 2. The molecule has 18 heteroatoms. The Hall–Kier alpha value is -1.77. The SMILES string of the molecule is CCCCn1cc[n+](C)c1.[C-]#[O+].[C-]#[O+].[C-]#[O+].[C-]#[O+].[C-]#[O+].[C-]#[O+].[C-]#[O+].[C-]#[O+].[C-]#[O+].[C-]#[O+].[C-]#[O+].[C-]#[O+].[Co].[Co].[Co].[Ru]. The molecular formula is C20H15Co3N2O12Ru+. The van der Waals surface area contributed by atoms with Gasteiger partial charge in [0.05, 0.1) is 13.6 Å². The summed E-state index contributed by atoms with van der Waals surface area (Å²) in [7, 11) is 2.04. The number of aryl methyl sites for hydroxylation is 2. The van der Waals surface area contributed by atoms with E-state index >= 15 is 0 Å². The fourth-order valence-corrected chi connectivity index (χ4v) is 0.975. The van der Waals surface area contributed by atoms with Crippen LogP contribution in [0.5, 0.6) is 0 Å². The number of hydrogen-bond donors (Lipinski definition) is 0. The summed E-state index contributed by atoms with van der Waals surface area (Å²) >= 11 is 0. The first-order valence-electron chi connectivity index (χ1n) is 6.29. The third-order valence-corrected chi connectivity index (χ3v) is 1.59. The van der Waals surface area contributed by atoms with E-state index in [0.29, 0.717) is 0 Å². The van der Waals surface area contributed by atoms with E-state index in [0.717, 1.165) is 6.54 Å². The van der Waals surface area contributed by atoms with Gasteiger partial charge in [0.2, 0.25) is 6.33 Å². The average Bonchev–Trinajstić information content (AvgIpc) is 3.45. The van der Waals surface area contributed by atoms with Crippen molar-refractivity contribution in [2.75, 3.05) is 0 Å². The van der Waals surface area contributed by atoms with E-state index in [1.54, 1.807) is 0 Å². The van der Waals surface area contributed by atoms with Gasteiger partial charge >= 0.3 is 136 Å². The van der Waals surface area contributed by atoms with E-state index in [4.69, 9.17) is 55.8 Å². The molecule has 0 N–H and O–H groups in total. The van der Waals surface area contributed by atoms with Crippen LogP contribution in [0.15, 0.2) is 18.7 Å². The van der Waals surface area contributed by atoms with Crippen molar-refractivity contribution in [2.24, 2.45) is 7.05 Å². The Morgan fingerprint density at radius 3 is 0.868 bits per heavy atom. The van der Waals surface area contributed by atoms with Gasteiger partial charge in [-0.15, -0.1) is 0 Å².